The fraction of sp³-hybridized carbons (Fsp3) is 0.593. The molecule has 0 radical (unpaired) electrons. The first kappa shape index (κ1) is 23.2. The third-order valence-electron chi connectivity index (χ3n) is 7.22. The van der Waals surface area contributed by atoms with Crippen molar-refractivity contribution in [3.63, 3.8) is 0 Å². The van der Waals surface area contributed by atoms with Gasteiger partial charge in [0.15, 0.2) is 0 Å². The molecule has 4 atom stereocenters. The normalized spacial score (nSPS) is 27.7. The first-order valence-corrected chi connectivity index (χ1v) is 12.3. The van der Waals surface area contributed by atoms with Gasteiger partial charge in [-0.15, -0.1) is 0 Å². The highest BCUT2D eigenvalue weighted by Gasteiger charge is 2.43. The van der Waals surface area contributed by atoms with E-state index in [0.717, 1.165) is 45.3 Å². The summed E-state index contributed by atoms with van der Waals surface area (Å²) in [7, 11) is 0. The second kappa shape index (κ2) is 11.3. The Hall–Kier alpha value is -1.95. The highest BCUT2D eigenvalue weighted by atomic mass is 16.5. The van der Waals surface area contributed by atoms with Crippen LogP contribution < -0.4 is 5.32 Å². The summed E-state index contributed by atoms with van der Waals surface area (Å²) in [5.41, 5.74) is 4.12. The lowest BCUT2D eigenvalue weighted by atomic mass is 9.89. The van der Waals surface area contributed by atoms with Gasteiger partial charge in [0.1, 0.15) is 0 Å². The number of nitrogens with zero attached hydrogens (tertiary/aromatic N) is 1. The van der Waals surface area contributed by atoms with Crippen molar-refractivity contribution in [3.8, 4) is 0 Å². The van der Waals surface area contributed by atoms with Crippen molar-refractivity contribution >= 4 is 5.91 Å². The molecule has 0 spiro atoms. The van der Waals surface area contributed by atoms with Crippen molar-refractivity contribution < 1.29 is 14.6 Å². The summed E-state index contributed by atoms with van der Waals surface area (Å²) in [5.74, 6) is 1.49. The summed E-state index contributed by atoms with van der Waals surface area (Å²) >= 11 is 0. The van der Waals surface area contributed by atoms with Crippen LogP contribution in [-0.4, -0.2) is 61.4 Å². The number of ether oxygens (including phenoxy) is 1. The predicted molar refractivity (Wildman–Crippen MR) is 127 cm³/mol. The first-order valence-electron chi connectivity index (χ1n) is 12.3. The van der Waals surface area contributed by atoms with E-state index < -0.39 is 0 Å². The monoisotopic (exact) mass is 438 g/mol. The van der Waals surface area contributed by atoms with E-state index in [1.165, 1.54) is 16.7 Å². The van der Waals surface area contributed by atoms with Gasteiger partial charge < -0.3 is 20.1 Å². The summed E-state index contributed by atoms with van der Waals surface area (Å²) in [6.45, 7) is 6.45. The van der Waals surface area contributed by atoms with E-state index in [9.17, 15) is 9.90 Å². The number of amides is 1. The number of aliphatic hydroxyl groups is 1. The van der Waals surface area contributed by atoms with Gasteiger partial charge >= 0.3 is 0 Å². The van der Waals surface area contributed by atoms with Crippen LogP contribution in [0.3, 0.4) is 0 Å². The molecule has 32 heavy (non-hydrogen) atoms. The number of allylic oxidation sites excluding steroid dienone is 2. The maximum absolute atomic E-state index is 12.2. The molecule has 1 aromatic rings. The van der Waals surface area contributed by atoms with Crippen molar-refractivity contribution in [1.82, 2.24) is 10.2 Å². The molecule has 4 rings (SSSR count). The van der Waals surface area contributed by atoms with Gasteiger partial charge in [-0.3, -0.25) is 4.79 Å². The Balaban J connectivity index is 1.17. The molecule has 1 heterocycles. The Kier molecular flexibility index (Phi) is 8.17. The van der Waals surface area contributed by atoms with E-state index in [2.05, 4.69) is 54.7 Å². The number of carbonyl (C=O) groups excluding carboxylic acids is 1. The number of morpholine rings is 1. The van der Waals surface area contributed by atoms with Gasteiger partial charge in [0.2, 0.25) is 5.91 Å². The van der Waals surface area contributed by atoms with Gasteiger partial charge in [-0.1, -0.05) is 53.6 Å². The van der Waals surface area contributed by atoms with Crippen LogP contribution in [0.15, 0.2) is 48.1 Å². The molecule has 1 aromatic carbocycles. The summed E-state index contributed by atoms with van der Waals surface area (Å²) in [5, 5.41) is 14.0. The zero-order valence-corrected chi connectivity index (χ0v) is 19.3. The van der Waals surface area contributed by atoms with E-state index in [1.807, 2.05) is 4.90 Å². The molecule has 174 valence electrons. The van der Waals surface area contributed by atoms with Crippen molar-refractivity contribution in [2.45, 2.75) is 45.1 Å². The Morgan fingerprint density at radius 3 is 2.97 bits per heavy atom. The topological polar surface area (TPSA) is 61.8 Å². The summed E-state index contributed by atoms with van der Waals surface area (Å²) in [6, 6.07) is 8.70. The molecule has 1 amide bonds. The molecule has 1 aliphatic heterocycles. The summed E-state index contributed by atoms with van der Waals surface area (Å²) < 4.78 is 5.31. The molecular formula is C27H38N2O3. The van der Waals surface area contributed by atoms with Crippen LogP contribution in [0.5, 0.6) is 0 Å². The van der Waals surface area contributed by atoms with E-state index >= 15 is 0 Å². The molecule has 2 aliphatic carbocycles. The average Bonchev–Trinajstić information content (AvgIpc) is 3.31. The number of benzene rings is 1. The van der Waals surface area contributed by atoms with Crippen LogP contribution in [0.4, 0.5) is 0 Å². The number of aliphatic hydroxyl groups excluding tert-OH is 1. The lowest BCUT2D eigenvalue weighted by Crippen LogP contribution is -2.41. The Morgan fingerprint density at radius 1 is 1.31 bits per heavy atom. The summed E-state index contributed by atoms with van der Waals surface area (Å²) in [4.78, 5) is 14.2. The predicted octanol–water partition coefficient (Wildman–Crippen LogP) is 3.27. The Bertz CT molecular complexity index is 828. The second-order valence-corrected chi connectivity index (χ2v) is 9.61. The quantitative estimate of drug-likeness (QED) is 0.459. The largest absolute Gasteiger partial charge is 0.392 e. The molecule has 1 saturated carbocycles. The molecule has 3 aliphatic rings. The van der Waals surface area contributed by atoms with Gasteiger partial charge in [0.25, 0.3) is 0 Å². The number of nitrogens with one attached hydrogen (secondary N) is 1. The smallest absolute Gasteiger partial charge is 0.224 e. The minimum absolute atomic E-state index is 0.219. The van der Waals surface area contributed by atoms with Crippen molar-refractivity contribution in [3.05, 3.63) is 59.2 Å². The van der Waals surface area contributed by atoms with E-state index in [1.54, 1.807) is 0 Å². The van der Waals surface area contributed by atoms with Crippen molar-refractivity contribution in [1.29, 1.82) is 0 Å². The maximum Gasteiger partial charge on any atom is 0.224 e. The number of rotatable bonds is 9. The van der Waals surface area contributed by atoms with E-state index in [0.29, 0.717) is 38.0 Å². The molecular weight excluding hydrogens is 400 g/mol. The zero-order valence-electron chi connectivity index (χ0n) is 19.3. The maximum atomic E-state index is 12.2. The SMILES string of the molecule is Cc1cccc(CCC=C[C@@H]2[C@H]3CC(CNCCC(=O)N4CCOCC4)=C[C@H]3C[C@H]2O)c1. The molecule has 0 bridgehead atoms. The van der Waals surface area contributed by atoms with Gasteiger partial charge in [0, 0.05) is 38.5 Å². The lowest BCUT2D eigenvalue weighted by Gasteiger charge is -2.26. The molecule has 0 unspecified atom stereocenters. The lowest BCUT2D eigenvalue weighted by molar-refractivity contribution is -0.135. The highest BCUT2D eigenvalue weighted by molar-refractivity contribution is 5.76. The zero-order chi connectivity index (χ0) is 22.3. The molecule has 5 nitrogen and oxygen atoms in total. The number of carbonyl (C=O) groups is 1. The third kappa shape index (κ3) is 6.09. The first-order chi connectivity index (χ1) is 15.6. The molecule has 5 heteroatoms. The third-order valence-corrected chi connectivity index (χ3v) is 7.22. The van der Waals surface area contributed by atoms with Crippen LogP contribution in [0.1, 0.15) is 36.8 Å². The van der Waals surface area contributed by atoms with Crippen molar-refractivity contribution in [2.75, 3.05) is 39.4 Å². The van der Waals surface area contributed by atoms with Crippen LogP contribution in [-0.2, 0) is 16.0 Å². The van der Waals surface area contributed by atoms with Gasteiger partial charge in [-0.05, 0) is 50.0 Å². The van der Waals surface area contributed by atoms with Crippen LogP contribution >= 0.6 is 0 Å². The van der Waals surface area contributed by atoms with Gasteiger partial charge in [0.05, 0.1) is 19.3 Å². The number of fused-ring (bicyclic) bond motifs is 1. The number of hydrogen-bond donors (Lipinski definition) is 2. The number of hydrogen-bond acceptors (Lipinski definition) is 4. The average molecular weight is 439 g/mol. The summed E-state index contributed by atoms with van der Waals surface area (Å²) in [6.07, 6.45) is 11.2. The Morgan fingerprint density at radius 2 is 2.16 bits per heavy atom. The second-order valence-electron chi connectivity index (χ2n) is 9.61. The van der Waals surface area contributed by atoms with Gasteiger partial charge in [-0.25, -0.2) is 0 Å². The van der Waals surface area contributed by atoms with Crippen LogP contribution in [0.2, 0.25) is 0 Å². The highest BCUT2D eigenvalue weighted by Crippen LogP contribution is 2.47. The number of aryl methyl sites for hydroxylation is 2. The minimum Gasteiger partial charge on any atom is -0.392 e. The molecule has 2 fully saturated rings. The molecule has 2 N–H and O–H groups in total. The Labute approximate surface area is 192 Å². The van der Waals surface area contributed by atoms with Crippen LogP contribution in [0, 0.1) is 24.7 Å². The molecule has 0 aromatic heterocycles. The van der Waals surface area contributed by atoms with Crippen molar-refractivity contribution in [2.24, 2.45) is 17.8 Å². The fourth-order valence-electron chi connectivity index (χ4n) is 5.52. The molecule has 1 saturated heterocycles. The fourth-order valence-corrected chi connectivity index (χ4v) is 5.52. The minimum atomic E-state index is -0.225. The van der Waals surface area contributed by atoms with Gasteiger partial charge in [-0.2, -0.15) is 0 Å². The van der Waals surface area contributed by atoms with Crippen LogP contribution in [0.25, 0.3) is 0 Å². The van der Waals surface area contributed by atoms with E-state index in [-0.39, 0.29) is 17.9 Å². The standard InChI is InChI=1S/C27H38N2O3/c1-20-5-4-7-21(15-20)6-2-3-8-24-25-17-22(16-23(25)18-26(24)30)19-28-10-9-27(31)29-11-13-32-14-12-29/h3-5,7-8,15-16,23-26,28,30H,2,6,9-14,17-19H2,1H3/t23-,24+,25-,26+/m0/s1. The van der Waals surface area contributed by atoms with E-state index in [4.69, 9.17) is 4.74 Å².